The summed E-state index contributed by atoms with van der Waals surface area (Å²) in [7, 11) is -4.06. The Kier molecular flexibility index (Phi) is 9.88. The van der Waals surface area contributed by atoms with Crippen molar-refractivity contribution in [1.82, 2.24) is 5.43 Å². The molecule has 3 aromatic carbocycles. The number of benzene rings is 3. The third-order valence-corrected chi connectivity index (χ3v) is 6.88. The number of nitrogens with zero attached hydrogens (tertiary/aromatic N) is 2. The molecule has 0 saturated heterocycles. The molecule has 0 heterocycles. The molecule has 0 radical (unpaired) electrons. The number of hydrogen-bond acceptors (Lipinski definition) is 6. The molecule has 190 valence electrons. The number of rotatable bonds is 13. The Labute approximate surface area is 212 Å². The number of carbonyl (C=O) groups is 1. The molecular weight excluding hydrogens is 478 g/mol. The summed E-state index contributed by atoms with van der Waals surface area (Å²) in [6.45, 7) is 4.43. The Bertz CT molecular complexity index is 1250. The van der Waals surface area contributed by atoms with Crippen molar-refractivity contribution in [2.75, 3.05) is 24.1 Å². The summed E-state index contributed by atoms with van der Waals surface area (Å²) in [5.41, 5.74) is 3.44. The number of unbranched alkanes of at least 4 members (excludes halogenated alkanes) is 1. The summed E-state index contributed by atoms with van der Waals surface area (Å²) in [4.78, 5) is 12.8. The maximum atomic E-state index is 13.5. The number of nitrogens with one attached hydrogen (secondary N) is 1. The SMILES string of the molecule is CCCCOc1ccc(/C=N\NC(=O)CN(c2ccccc2OCC)S(=O)(=O)c2ccccc2)cc1. The molecule has 0 fully saturated rings. The van der Waals surface area contributed by atoms with E-state index in [-0.39, 0.29) is 10.6 Å². The van der Waals surface area contributed by atoms with Gasteiger partial charge >= 0.3 is 0 Å². The maximum Gasteiger partial charge on any atom is 0.264 e. The van der Waals surface area contributed by atoms with E-state index in [0.29, 0.717) is 19.0 Å². The monoisotopic (exact) mass is 509 g/mol. The van der Waals surface area contributed by atoms with E-state index in [1.807, 2.05) is 24.3 Å². The van der Waals surface area contributed by atoms with E-state index < -0.39 is 22.5 Å². The van der Waals surface area contributed by atoms with Gasteiger partial charge in [-0.05, 0) is 67.4 Å². The predicted molar refractivity (Wildman–Crippen MR) is 141 cm³/mol. The molecule has 9 heteroatoms. The van der Waals surface area contributed by atoms with Gasteiger partial charge in [-0.1, -0.05) is 43.7 Å². The van der Waals surface area contributed by atoms with Crippen LogP contribution in [0.2, 0.25) is 0 Å². The van der Waals surface area contributed by atoms with Crippen molar-refractivity contribution in [2.45, 2.75) is 31.6 Å². The fourth-order valence-corrected chi connectivity index (χ4v) is 4.74. The molecule has 0 unspecified atom stereocenters. The van der Waals surface area contributed by atoms with Crippen molar-refractivity contribution >= 4 is 27.8 Å². The normalized spacial score (nSPS) is 11.3. The van der Waals surface area contributed by atoms with Crippen molar-refractivity contribution in [3.8, 4) is 11.5 Å². The van der Waals surface area contributed by atoms with Crippen LogP contribution in [0.15, 0.2) is 88.9 Å². The number of hydrogen-bond donors (Lipinski definition) is 1. The molecule has 1 amide bonds. The lowest BCUT2D eigenvalue weighted by atomic mass is 10.2. The summed E-state index contributed by atoms with van der Waals surface area (Å²) in [6.07, 6.45) is 3.53. The van der Waals surface area contributed by atoms with Gasteiger partial charge in [-0.2, -0.15) is 5.10 Å². The number of para-hydroxylation sites is 2. The van der Waals surface area contributed by atoms with E-state index in [1.54, 1.807) is 49.4 Å². The fraction of sp³-hybridized carbons (Fsp3) is 0.259. The molecule has 0 aliphatic rings. The molecule has 0 aliphatic carbocycles. The Balaban J connectivity index is 1.75. The van der Waals surface area contributed by atoms with Crippen LogP contribution in [0.25, 0.3) is 0 Å². The van der Waals surface area contributed by atoms with E-state index in [1.165, 1.54) is 18.3 Å². The van der Waals surface area contributed by atoms with Crippen molar-refractivity contribution in [3.63, 3.8) is 0 Å². The van der Waals surface area contributed by atoms with Crippen molar-refractivity contribution in [2.24, 2.45) is 5.10 Å². The lowest BCUT2D eigenvalue weighted by Crippen LogP contribution is -2.39. The lowest BCUT2D eigenvalue weighted by molar-refractivity contribution is -0.119. The van der Waals surface area contributed by atoms with Gasteiger partial charge in [0.15, 0.2) is 0 Å². The number of hydrazone groups is 1. The summed E-state index contributed by atoms with van der Waals surface area (Å²) in [5.74, 6) is 0.521. The predicted octanol–water partition coefficient (Wildman–Crippen LogP) is 4.61. The minimum Gasteiger partial charge on any atom is -0.494 e. The van der Waals surface area contributed by atoms with Crippen LogP contribution in [-0.4, -0.2) is 40.3 Å². The van der Waals surface area contributed by atoms with Crippen molar-refractivity contribution < 1.29 is 22.7 Å². The second kappa shape index (κ2) is 13.3. The molecule has 8 nitrogen and oxygen atoms in total. The van der Waals surface area contributed by atoms with Gasteiger partial charge in [0, 0.05) is 0 Å². The zero-order chi connectivity index (χ0) is 25.8. The first-order valence-corrected chi connectivity index (χ1v) is 13.2. The lowest BCUT2D eigenvalue weighted by Gasteiger charge is -2.25. The van der Waals surface area contributed by atoms with Crippen LogP contribution < -0.4 is 19.2 Å². The largest absolute Gasteiger partial charge is 0.494 e. The molecule has 0 aromatic heterocycles. The van der Waals surface area contributed by atoms with Gasteiger partial charge in [-0.25, -0.2) is 13.8 Å². The molecule has 3 rings (SSSR count). The van der Waals surface area contributed by atoms with Gasteiger partial charge in [0.1, 0.15) is 18.0 Å². The Morgan fingerprint density at radius 3 is 2.33 bits per heavy atom. The van der Waals surface area contributed by atoms with Crippen molar-refractivity contribution in [1.29, 1.82) is 0 Å². The maximum absolute atomic E-state index is 13.5. The number of sulfonamides is 1. The quantitative estimate of drug-likeness (QED) is 0.206. The van der Waals surface area contributed by atoms with E-state index in [2.05, 4.69) is 17.5 Å². The molecule has 0 saturated carbocycles. The zero-order valence-corrected chi connectivity index (χ0v) is 21.3. The second-order valence-corrected chi connectivity index (χ2v) is 9.65. The van der Waals surface area contributed by atoms with Crippen LogP contribution in [0, 0.1) is 0 Å². The number of ether oxygens (including phenoxy) is 2. The second-order valence-electron chi connectivity index (χ2n) is 7.79. The highest BCUT2D eigenvalue weighted by Gasteiger charge is 2.29. The van der Waals surface area contributed by atoms with Crippen LogP contribution in [-0.2, 0) is 14.8 Å². The molecular formula is C27H31N3O5S. The molecule has 0 aliphatic heterocycles. The first kappa shape index (κ1) is 26.7. The number of anilines is 1. The molecule has 1 N–H and O–H groups in total. The fourth-order valence-electron chi connectivity index (χ4n) is 3.29. The van der Waals surface area contributed by atoms with Gasteiger partial charge in [0.2, 0.25) is 0 Å². The third kappa shape index (κ3) is 7.32. The van der Waals surface area contributed by atoms with Gasteiger partial charge in [0.25, 0.3) is 15.9 Å². The molecule has 0 bridgehead atoms. The third-order valence-electron chi connectivity index (χ3n) is 5.10. The topological polar surface area (TPSA) is 97.3 Å². The highest BCUT2D eigenvalue weighted by molar-refractivity contribution is 7.92. The number of carbonyl (C=O) groups excluding carboxylic acids is 1. The molecule has 3 aromatic rings. The van der Waals surface area contributed by atoms with Gasteiger partial charge in [-0.3, -0.25) is 9.10 Å². The Morgan fingerprint density at radius 2 is 1.64 bits per heavy atom. The zero-order valence-electron chi connectivity index (χ0n) is 20.5. The minimum absolute atomic E-state index is 0.0637. The molecule has 0 spiro atoms. The molecule has 0 atom stereocenters. The first-order valence-electron chi connectivity index (χ1n) is 11.8. The van der Waals surface area contributed by atoms with E-state index >= 15 is 0 Å². The number of amides is 1. The highest BCUT2D eigenvalue weighted by Crippen LogP contribution is 2.32. The van der Waals surface area contributed by atoms with Crippen LogP contribution in [0.4, 0.5) is 5.69 Å². The van der Waals surface area contributed by atoms with E-state index in [9.17, 15) is 13.2 Å². The standard InChI is InChI=1S/C27H31N3O5S/c1-3-5-19-35-23-17-15-22(16-18-23)20-28-29-27(31)21-30(25-13-9-10-14-26(25)34-4-2)36(32,33)24-11-7-6-8-12-24/h6-18,20H,3-5,19,21H2,1-2H3,(H,29,31)/b28-20-. The minimum atomic E-state index is -4.06. The van der Waals surface area contributed by atoms with E-state index in [0.717, 1.165) is 28.5 Å². The van der Waals surface area contributed by atoms with Crippen LogP contribution >= 0.6 is 0 Å². The van der Waals surface area contributed by atoms with E-state index in [4.69, 9.17) is 9.47 Å². The average Bonchev–Trinajstić information content (AvgIpc) is 2.89. The van der Waals surface area contributed by atoms with Crippen LogP contribution in [0.5, 0.6) is 11.5 Å². The van der Waals surface area contributed by atoms with Gasteiger partial charge < -0.3 is 9.47 Å². The summed E-state index contributed by atoms with van der Waals surface area (Å²) in [6, 6.07) is 22.0. The van der Waals surface area contributed by atoms with Crippen LogP contribution in [0.1, 0.15) is 32.3 Å². The summed E-state index contributed by atoms with van der Waals surface area (Å²) < 4.78 is 39.3. The first-order chi connectivity index (χ1) is 17.5. The smallest absolute Gasteiger partial charge is 0.264 e. The van der Waals surface area contributed by atoms with Gasteiger partial charge in [-0.15, -0.1) is 0 Å². The average molecular weight is 510 g/mol. The summed E-state index contributed by atoms with van der Waals surface area (Å²) >= 11 is 0. The Morgan fingerprint density at radius 1 is 0.944 bits per heavy atom. The van der Waals surface area contributed by atoms with Crippen LogP contribution in [0.3, 0.4) is 0 Å². The van der Waals surface area contributed by atoms with Gasteiger partial charge in [0.05, 0.1) is 30.0 Å². The Hall–Kier alpha value is -3.85. The highest BCUT2D eigenvalue weighted by atomic mass is 32.2. The van der Waals surface area contributed by atoms with Crippen molar-refractivity contribution in [3.05, 3.63) is 84.4 Å². The summed E-state index contributed by atoms with van der Waals surface area (Å²) in [5, 5.41) is 3.99. The molecule has 36 heavy (non-hydrogen) atoms.